The summed E-state index contributed by atoms with van der Waals surface area (Å²) in [5, 5.41) is 8.16. The van der Waals surface area contributed by atoms with Crippen molar-refractivity contribution in [3.63, 3.8) is 0 Å². The standard InChI is InChI=1S/C26H22ClN3O2/c1-3-32-21-14-8-18(9-15-21)25-22-23(17-6-4-16(2)5-7-17)28-29-24(22)26(31)30(25)20-12-10-19(27)11-13-20/h4-15,25H,3H2,1-2H3,(H,28,29). The maximum Gasteiger partial charge on any atom is 0.277 e. The summed E-state index contributed by atoms with van der Waals surface area (Å²) >= 11 is 6.11. The Balaban J connectivity index is 1.67. The maximum atomic E-state index is 13.5. The van der Waals surface area contributed by atoms with Crippen LogP contribution in [0.15, 0.2) is 72.8 Å². The lowest BCUT2D eigenvalue weighted by atomic mass is 9.95. The Hall–Kier alpha value is -3.57. The number of hydrogen-bond acceptors (Lipinski definition) is 3. The van der Waals surface area contributed by atoms with E-state index in [1.165, 1.54) is 5.56 Å². The van der Waals surface area contributed by atoms with Crippen molar-refractivity contribution in [2.45, 2.75) is 19.9 Å². The summed E-state index contributed by atoms with van der Waals surface area (Å²) in [6, 6.07) is 23.1. The summed E-state index contributed by atoms with van der Waals surface area (Å²) in [4.78, 5) is 15.3. The molecule has 1 aromatic heterocycles. The van der Waals surface area contributed by atoms with Gasteiger partial charge in [0.25, 0.3) is 5.91 Å². The van der Waals surface area contributed by atoms with Crippen molar-refractivity contribution in [3.05, 3.63) is 100 Å². The van der Waals surface area contributed by atoms with E-state index in [1.807, 2.05) is 62.4 Å². The number of hydrogen-bond donors (Lipinski definition) is 1. The van der Waals surface area contributed by atoms with Gasteiger partial charge in [0.1, 0.15) is 11.4 Å². The monoisotopic (exact) mass is 443 g/mol. The molecule has 6 heteroatoms. The van der Waals surface area contributed by atoms with Gasteiger partial charge in [-0.15, -0.1) is 0 Å². The number of carbonyl (C=O) groups excluding carboxylic acids is 1. The quantitative estimate of drug-likeness (QED) is 0.400. The second-order valence-electron chi connectivity index (χ2n) is 7.78. The highest BCUT2D eigenvalue weighted by Gasteiger charge is 2.43. The fourth-order valence-corrected chi connectivity index (χ4v) is 4.30. The Labute approximate surface area is 191 Å². The average Bonchev–Trinajstić information content (AvgIpc) is 3.35. The second-order valence-corrected chi connectivity index (χ2v) is 8.22. The molecule has 1 unspecified atom stereocenters. The lowest BCUT2D eigenvalue weighted by Crippen LogP contribution is -2.29. The van der Waals surface area contributed by atoms with Gasteiger partial charge in [0.2, 0.25) is 0 Å². The van der Waals surface area contributed by atoms with Gasteiger partial charge in [-0.2, -0.15) is 5.10 Å². The molecule has 5 rings (SSSR count). The molecule has 1 amide bonds. The summed E-state index contributed by atoms with van der Waals surface area (Å²) in [7, 11) is 0. The third-order valence-corrected chi connectivity index (χ3v) is 5.96. The Morgan fingerprint density at radius 3 is 2.34 bits per heavy atom. The number of benzene rings is 3. The largest absolute Gasteiger partial charge is 0.494 e. The van der Waals surface area contributed by atoms with Crippen LogP contribution in [0.5, 0.6) is 5.75 Å². The number of ether oxygens (including phenoxy) is 1. The van der Waals surface area contributed by atoms with Crippen LogP contribution in [0.4, 0.5) is 5.69 Å². The highest BCUT2D eigenvalue weighted by atomic mass is 35.5. The summed E-state index contributed by atoms with van der Waals surface area (Å²) in [6.07, 6.45) is 0. The highest BCUT2D eigenvalue weighted by Crippen LogP contribution is 2.45. The Morgan fingerprint density at radius 1 is 1.00 bits per heavy atom. The van der Waals surface area contributed by atoms with Crippen molar-refractivity contribution in [2.24, 2.45) is 0 Å². The summed E-state index contributed by atoms with van der Waals surface area (Å²) < 4.78 is 5.61. The van der Waals surface area contributed by atoms with Gasteiger partial charge < -0.3 is 4.74 Å². The molecule has 0 fully saturated rings. The summed E-state index contributed by atoms with van der Waals surface area (Å²) in [6.45, 7) is 4.60. The zero-order valence-corrected chi connectivity index (χ0v) is 18.6. The number of aromatic nitrogens is 2. The van der Waals surface area contributed by atoms with E-state index in [1.54, 1.807) is 17.0 Å². The van der Waals surface area contributed by atoms with Crippen LogP contribution in [0.2, 0.25) is 5.02 Å². The van der Waals surface area contributed by atoms with Crippen LogP contribution in [0.1, 0.15) is 40.1 Å². The fourth-order valence-electron chi connectivity index (χ4n) is 4.17. The van der Waals surface area contributed by atoms with Crippen LogP contribution < -0.4 is 9.64 Å². The van der Waals surface area contributed by atoms with E-state index in [9.17, 15) is 4.79 Å². The Morgan fingerprint density at radius 2 is 1.69 bits per heavy atom. The smallest absolute Gasteiger partial charge is 0.277 e. The molecule has 3 aromatic carbocycles. The second kappa shape index (κ2) is 8.17. The van der Waals surface area contributed by atoms with Crippen molar-refractivity contribution in [1.29, 1.82) is 0 Å². The molecule has 0 spiro atoms. The van der Waals surface area contributed by atoms with Gasteiger partial charge in [-0.1, -0.05) is 53.6 Å². The predicted octanol–water partition coefficient (Wildman–Crippen LogP) is 6.19. The van der Waals surface area contributed by atoms with Gasteiger partial charge in [-0.25, -0.2) is 0 Å². The highest BCUT2D eigenvalue weighted by molar-refractivity contribution is 6.30. The molecule has 0 saturated carbocycles. The zero-order chi connectivity index (χ0) is 22.2. The number of nitrogens with zero attached hydrogens (tertiary/aromatic N) is 2. The summed E-state index contributed by atoms with van der Waals surface area (Å²) in [5.74, 6) is 0.678. The van der Waals surface area contributed by atoms with E-state index in [0.29, 0.717) is 17.3 Å². The van der Waals surface area contributed by atoms with E-state index < -0.39 is 0 Å². The van der Waals surface area contributed by atoms with Gasteiger partial charge >= 0.3 is 0 Å². The molecule has 160 valence electrons. The van der Waals surface area contributed by atoms with Crippen molar-refractivity contribution in [1.82, 2.24) is 10.2 Å². The number of halogens is 1. The SMILES string of the molecule is CCOc1ccc(C2c3c(-c4ccc(C)cc4)n[nH]c3C(=O)N2c2ccc(Cl)cc2)cc1. The zero-order valence-electron chi connectivity index (χ0n) is 17.8. The van der Waals surface area contributed by atoms with E-state index >= 15 is 0 Å². The molecular weight excluding hydrogens is 422 g/mol. The first kappa shape index (κ1) is 20.3. The molecule has 5 nitrogen and oxygen atoms in total. The van der Waals surface area contributed by atoms with Crippen molar-refractivity contribution < 1.29 is 9.53 Å². The third kappa shape index (κ3) is 3.45. The van der Waals surface area contributed by atoms with Crippen molar-refractivity contribution in [3.8, 4) is 17.0 Å². The molecule has 2 heterocycles. The molecule has 1 aliphatic heterocycles. The number of fused-ring (bicyclic) bond motifs is 1. The molecular formula is C26H22ClN3O2. The van der Waals surface area contributed by atoms with E-state index in [-0.39, 0.29) is 11.9 Å². The molecule has 1 aliphatic rings. The normalized spacial score (nSPS) is 15.2. The van der Waals surface area contributed by atoms with E-state index in [0.717, 1.165) is 33.8 Å². The topological polar surface area (TPSA) is 58.2 Å². The van der Waals surface area contributed by atoms with Crippen molar-refractivity contribution in [2.75, 3.05) is 11.5 Å². The lowest BCUT2D eigenvalue weighted by molar-refractivity contribution is 0.0989. The first-order valence-corrected chi connectivity index (χ1v) is 10.9. The molecule has 1 atom stereocenters. The van der Waals surface area contributed by atoms with Crippen molar-refractivity contribution >= 4 is 23.2 Å². The van der Waals surface area contributed by atoms with E-state index in [2.05, 4.69) is 22.3 Å². The fraction of sp³-hybridized carbons (Fsp3) is 0.154. The number of nitrogens with one attached hydrogen (secondary N) is 1. The van der Waals surface area contributed by atoms with Gasteiger partial charge in [0, 0.05) is 21.8 Å². The van der Waals surface area contributed by atoms with Crippen LogP contribution in [0.25, 0.3) is 11.3 Å². The molecule has 0 saturated heterocycles. The van der Waals surface area contributed by atoms with E-state index in [4.69, 9.17) is 16.3 Å². The van der Waals surface area contributed by atoms with Gasteiger partial charge in [0.15, 0.2) is 0 Å². The minimum Gasteiger partial charge on any atom is -0.494 e. The van der Waals surface area contributed by atoms with Crippen LogP contribution >= 0.6 is 11.6 Å². The Kier molecular flexibility index (Phi) is 5.19. The number of rotatable bonds is 5. The van der Waals surface area contributed by atoms with Crippen LogP contribution in [-0.2, 0) is 0 Å². The van der Waals surface area contributed by atoms with Gasteiger partial charge in [0.05, 0.1) is 18.3 Å². The molecule has 0 radical (unpaired) electrons. The number of amides is 1. The number of aromatic amines is 1. The number of carbonyl (C=O) groups is 1. The molecule has 0 aliphatic carbocycles. The maximum absolute atomic E-state index is 13.5. The summed E-state index contributed by atoms with van der Waals surface area (Å²) in [5.41, 5.74) is 6.05. The first-order chi connectivity index (χ1) is 15.6. The minimum atomic E-state index is -0.329. The van der Waals surface area contributed by atoms with Crippen LogP contribution in [-0.4, -0.2) is 22.7 Å². The number of anilines is 1. The Bertz CT molecular complexity index is 1260. The molecule has 1 N–H and O–H groups in total. The van der Waals surface area contributed by atoms with Crippen LogP contribution in [0.3, 0.4) is 0 Å². The molecule has 4 aromatic rings. The predicted molar refractivity (Wildman–Crippen MR) is 126 cm³/mol. The average molecular weight is 444 g/mol. The van der Waals surface area contributed by atoms with Gasteiger partial charge in [-0.3, -0.25) is 14.8 Å². The third-order valence-electron chi connectivity index (χ3n) is 5.70. The minimum absolute atomic E-state index is 0.118. The van der Waals surface area contributed by atoms with Gasteiger partial charge in [-0.05, 0) is 55.8 Å². The molecule has 32 heavy (non-hydrogen) atoms. The lowest BCUT2D eigenvalue weighted by Gasteiger charge is -2.26. The first-order valence-electron chi connectivity index (χ1n) is 10.5. The van der Waals surface area contributed by atoms with Crippen LogP contribution in [0, 0.1) is 6.92 Å². The number of H-pyrrole nitrogens is 1. The molecule has 0 bridgehead atoms. The number of aryl methyl sites for hydroxylation is 1.